The van der Waals surface area contributed by atoms with Crippen LogP contribution in [0, 0.1) is 0 Å². The standard InChI is InChI=1S/C17H14BrNO5/c18-12-3-1-2-4-13(12)19-16(20)10-24-17(21)11-5-6-14-15(9-11)23-8-7-22-14/h1-6,9H,7-8,10H2,(H,19,20). The SMILES string of the molecule is O=C(COC(=O)c1ccc2c(c1)OCCO2)Nc1ccccc1Br. The minimum absolute atomic E-state index is 0.299. The summed E-state index contributed by atoms with van der Waals surface area (Å²) in [6.07, 6.45) is 0. The normalized spacial score (nSPS) is 12.4. The average molecular weight is 392 g/mol. The van der Waals surface area contributed by atoms with Gasteiger partial charge in [-0.05, 0) is 46.3 Å². The van der Waals surface area contributed by atoms with Gasteiger partial charge in [0, 0.05) is 4.47 Å². The maximum atomic E-state index is 12.0. The van der Waals surface area contributed by atoms with Gasteiger partial charge >= 0.3 is 5.97 Å². The number of anilines is 1. The predicted octanol–water partition coefficient (Wildman–Crippen LogP) is 3.02. The second-order valence-electron chi connectivity index (χ2n) is 4.96. The zero-order chi connectivity index (χ0) is 16.9. The fourth-order valence-electron chi connectivity index (χ4n) is 2.13. The van der Waals surface area contributed by atoms with Crippen molar-refractivity contribution in [1.82, 2.24) is 0 Å². The van der Waals surface area contributed by atoms with Gasteiger partial charge in [0.15, 0.2) is 18.1 Å². The van der Waals surface area contributed by atoms with Gasteiger partial charge in [0.05, 0.1) is 11.3 Å². The van der Waals surface area contributed by atoms with E-state index in [-0.39, 0.29) is 6.61 Å². The summed E-state index contributed by atoms with van der Waals surface area (Å²) >= 11 is 3.33. The quantitative estimate of drug-likeness (QED) is 0.810. The van der Waals surface area contributed by atoms with Gasteiger partial charge in [-0.1, -0.05) is 12.1 Å². The largest absolute Gasteiger partial charge is 0.486 e. The maximum absolute atomic E-state index is 12.0. The van der Waals surface area contributed by atoms with Gasteiger partial charge in [0.1, 0.15) is 13.2 Å². The van der Waals surface area contributed by atoms with Crippen molar-refractivity contribution in [2.24, 2.45) is 0 Å². The molecule has 0 bridgehead atoms. The molecule has 24 heavy (non-hydrogen) atoms. The van der Waals surface area contributed by atoms with Crippen molar-refractivity contribution in [3.63, 3.8) is 0 Å². The summed E-state index contributed by atoms with van der Waals surface area (Å²) in [6, 6.07) is 11.9. The number of benzene rings is 2. The number of amides is 1. The molecule has 0 spiro atoms. The summed E-state index contributed by atoms with van der Waals surface area (Å²) in [4.78, 5) is 23.9. The number of ether oxygens (including phenoxy) is 3. The minimum Gasteiger partial charge on any atom is -0.486 e. The lowest BCUT2D eigenvalue weighted by Gasteiger charge is -2.18. The summed E-state index contributed by atoms with van der Waals surface area (Å²) in [5.41, 5.74) is 0.908. The third-order valence-electron chi connectivity index (χ3n) is 3.26. The Morgan fingerprint density at radius 3 is 2.62 bits per heavy atom. The van der Waals surface area contributed by atoms with Gasteiger partial charge in [-0.25, -0.2) is 4.79 Å². The molecule has 0 unspecified atom stereocenters. The van der Waals surface area contributed by atoms with Gasteiger partial charge in [0.2, 0.25) is 0 Å². The highest BCUT2D eigenvalue weighted by Crippen LogP contribution is 2.30. The summed E-state index contributed by atoms with van der Waals surface area (Å²) in [5, 5.41) is 2.66. The van der Waals surface area contributed by atoms with E-state index in [1.807, 2.05) is 6.07 Å². The lowest BCUT2D eigenvalue weighted by molar-refractivity contribution is -0.119. The Balaban J connectivity index is 1.57. The number of para-hydroxylation sites is 1. The molecule has 1 amide bonds. The van der Waals surface area contributed by atoms with Crippen molar-refractivity contribution in [1.29, 1.82) is 0 Å². The molecule has 0 fully saturated rings. The van der Waals surface area contributed by atoms with Crippen molar-refractivity contribution < 1.29 is 23.8 Å². The van der Waals surface area contributed by atoms with E-state index in [9.17, 15) is 9.59 Å². The molecule has 2 aromatic rings. The molecule has 0 saturated heterocycles. The first kappa shape index (κ1) is 16.3. The molecule has 2 aromatic carbocycles. The zero-order valence-corrected chi connectivity index (χ0v) is 14.2. The lowest BCUT2D eigenvalue weighted by atomic mass is 10.2. The van der Waals surface area contributed by atoms with Crippen molar-refractivity contribution in [2.75, 3.05) is 25.1 Å². The molecule has 124 valence electrons. The van der Waals surface area contributed by atoms with E-state index < -0.39 is 11.9 Å². The molecule has 0 atom stereocenters. The van der Waals surface area contributed by atoms with E-state index in [0.717, 1.165) is 4.47 Å². The monoisotopic (exact) mass is 391 g/mol. The number of halogens is 1. The second-order valence-corrected chi connectivity index (χ2v) is 5.82. The molecule has 1 N–H and O–H groups in total. The molecule has 7 heteroatoms. The Morgan fingerprint density at radius 1 is 1.08 bits per heavy atom. The zero-order valence-electron chi connectivity index (χ0n) is 12.6. The number of carbonyl (C=O) groups is 2. The lowest BCUT2D eigenvalue weighted by Crippen LogP contribution is -2.21. The van der Waals surface area contributed by atoms with Gasteiger partial charge in [-0.2, -0.15) is 0 Å². The number of carbonyl (C=O) groups excluding carboxylic acids is 2. The van der Waals surface area contributed by atoms with Gasteiger partial charge in [0.25, 0.3) is 5.91 Å². The first-order chi connectivity index (χ1) is 11.6. The van der Waals surface area contributed by atoms with Crippen molar-refractivity contribution >= 4 is 33.5 Å². The molecule has 0 aromatic heterocycles. The summed E-state index contributed by atoms with van der Waals surface area (Å²) in [5.74, 6) is 0.0554. The molecule has 1 aliphatic rings. The van der Waals surface area contributed by atoms with Crippen molar-refractivity contribution in [3.05, 3.63) is 52.5 Å². The van der Waals surface area contributed by atoms with Crippen molar-refractivity contribution in [2.45, 2.75) is 0 Å². The summed E-state index contributed by atoms with van der Waals surface area (Å²) < 4.78 is 16.6. The van der Waals surface area contributed by atoms with E-state index in [1.54, 1.807) is 36.4 Å². The predicted molar refractivity (Wildman–Crippen MR) is 90.5 cm³/mol. The Bertz CT molecular complexity index is 777. The van der Waals surface area contributed by atoms with E-state index in [2.05, 4.69) is 21.2 Å². The van der Waals surface area contributed by atoms with Crippen LogP contribution in [0.2, 0.25) is 0 Å². The second kappa shape index (κ2) is 7.35. The first-order valence-electron chi connectivity index (χ1n) is 7.24. The number of hydrogen-bond acceptors (Lipinski definition) is 5. The third kappa shape index (κ3) is 3.86. The van der Waals surface area contributed by atoms with Crippen LogP contribution >= 0.6 is 15.9 Å². The van der Waals surface area contributed by atoms with Crippen LogP contribution in [-0.2, 0) is 9.53 Å². The summed E-state index contributed by atoms with van der Waals surface area (Å²) in [6.45, 7) is 0.528. The Morgan fingerprint density at radius 2 is 1.83 bits per heavy atom. The number of nitrogens with one attached hydrogen (secondary N) is 1. The van der Waals surface area contributed by atoms with Crippen LogP contribution in [0.25, 0.3) is 0 Å². The highest BCUT2D eigenvalue weighted by molar-refractivity contribution is 9.10. The number of hydrogen-bond donors (Lipinski definition) is 1. The molecule has 1 aliphatic heterocycles. The van der Waals surface area contributed by atoms with Gasteiger partial charge < -0.3 is 19.5 Å². The van der Waals surface area contributed by atoms with Crippen LogP contribution in [0.5, 0.6) is 11.5 Å². The maximum Gasteiger partial charge on any atom is 0.338 e. The van der Waals surface area contributed by atoms with Crippen LogP contribution < -0.4 is 14.8 Å². The molecule has 0 radical (unpaired) electrons. The van der Waals surface area contributed by atoms with Crippen LogP contribution in [0.3, 0.4) is 0 Å². The summed E-state index contributed by atoms with van der Waals surface area (Å²) in [7, 11) is 0. The van der Waals surface area contributed by atoms with Gasteiger partial charge in [-0.15, -0.1) is 0 Å². The highest BCUT2D eigenvalue weighted by Gasteiger charge is 2.16. The smallest absolute Gasteiger partial charge is 0.338 e. The first-order valence-corrected chi connectivity index (χ1v) is 8.04. The molecular weight excluding hydrogens is 378 g/mol. The highest BCUT2D eigenvalue weighted by atomic mass is 79.9. The Hall–Kier alpha value is -2.54. The van der Waals surface area contributed by atoms with Crippen LogP contribution in [0.4, 0.5) is 5.69 Å². The van der Waals surface area contributed by atoms with Crippen LogP contribution in [-0.4, -0.2) is 31.7 Å². The molecular formula is C17H14BrNO5. The number of rotatable bonds is 4. The fourth-order valence-corrected chi connectivity index (χ4v) is 2.52. The Kier molecular flexibility index (Phi) is 5.00. The molecule has 0 saturated carbocycles. The fraction of sp³-hybridized carbons (Fsp3) is 0.176. The molecule has 6 nitrogen and oxygen atoms in total. The number of esters is 1. The molecule has 3 rings (SSSR count). The van der Waals surface area contributed by atoms with E-state index >= 15 is 0 Å². The van der Waals surface area contributed by atoms with E-state index in [4.69, 9.17) is 14.2 Å². The molecule has 1 heterocycles. The third-order valence-corrected chi connectivity index (χ3v) is 3.95. The topological polar surface area (TPSA) is 73.9 Å². The minimum atomic E-state index is -0.603. The van der Waals surface area contributed by atoms with E-state index in [0.29, 0.717) is 36.0 Å². The van der Waals surface area contributed by atoms with Gasteiger partial charge in [-0.3, -0.25) is 4.79 Å². The Labute approximate surface area is 146 Å². The van der Waals surface area contributed by atoms with E-state index in [1.165, 1.54) is 0 Å². The van der Waals surface area contributed by atoms with Crippen LogP contribution in [0.15, 0.2) is 46.9 Å². The van der Waals surface area contributed by atoms with Crippen molar-refractivity contribution in [3.8, 4) is 11.5 Å². The average Bonchev–Trinajstić information content (AvgIpc) is 2.61. The number of fused-ring (bicyclic) bond motifs is 1. The van der Waals surface area contributed by atoms with Crippen LogP contribution in [0.1, 0.15) is 10.4 Å². The molecule has 0 aliphatic carbocycles.